The van der Waals surface area contributed by atoms with Crippen molar-refractivity contribution in [2.75, 3.05) is 6.61 Å². The normalized spacial score (nSPS) is 18.2. The van der Waals surface area contributed by atoms with Crippen LogP contribution in [0.25, 0.3) is 0 Å². The maximum absolute atomic E-state index is 12.9. The van der Waals surface area contributed by atoms with Gasteiger partial charge >= 0.3 is 0 Å². The summed E-state index contributed by atoms with van der Waals surface area (Å²) in [6.45, 7) is 0.446. The molecule has 1 aliphatic rings. The molecule has 0 radical (unpaired) electrons. The van der Waals surface area contributed by atoms with Crippen molar-refractivity contribution in [3.8, 4) is 5.75 Å². The Kier molecular flexibility index (Phi) is 4.37. The van der Waals surface area contributed by atoms with Crippen molar-refractivity contribution in [2.24, 2.45) is 5.92 Å². The molecule has 0 aromatic heterocycles. The lowest BCUT2D eigenvalue weighted by Crippen LogP contribution is -2.20. The summed E-state index contributed by atoms with van der Waals surface area (Å²) in [6.07, 6.45) is 5.06. The minimum Gasteiger partial charge on any atom is -0.493 e. The summed E-state index contributed by atoms with van der Waals surface area (Å²) in [5.41, 5.74) is 0. The van der Waals surface area contributed by atoms with Crippen LogP contribution in [-0.4, -0.2) is 17.8 Å². The van der Waals surface area contributed by atoms with Crippen molar-refractivity contribution < 1.29 is 14.2 Å². The van der Waals surface area contributed by atoms with E-state index >= 15 is 0 Å². The predicted octanol–water partition coefficient (Wildman–Crippen LogP) is 3.15. The molecule has 0 spiro atoms. The molecule has 0 aliphatic heterocycles. The molecule has 1 fully saturated rings. The fourth-order valence-corrected chi connectivity index (χ4v) is 2.43. The van der Waals surface area contributed by atoms with Crippen molar-refractivity contribution in [3.63, 3.8) is 0 Å². The fraction of sp³-hybridized carbons (Fsp3) is 0.571. The number of hydrogen-bond acceptors (Lipinski definition) is 2. The smallest absolute Gasteiger partial charge is 0.126 e. The van der Waals surface area contributed by atoms with Gasteiger partial charge in [-0.25, -0.2) is 4.39 Å². The van der Waals surface area contributed by atoms with Crippen molar-refractivity contribution >= 4 is 0 Å². The van der Waals surface area contributed by atoms with Crippen molar-refractivity contribution in [2.45, 2.75) is 38.2 Å². The molecule has 0 amide bonds. The van der Waals surface area contributed by atoms with Crippen LogP contribution in [0, 0.1) is 11.7 Å². The molecule has 3 heteroatoms. The Morgan fingerprint density at radius 2 is 2.12 bits per heavy atom. The highest BCUT2D eigenvalue weighted by Gasteiger charge is 2.22. The largest absolute Gasteiger partial charge is 0.493 e. The van der Waals surface area contributed by atoms with Crippen LogP contribution in [0.15, 0.2) is 24.3 Å². The summed E-state index contributed by atoms with van der Waals surface area (Å²) < 4.78 is 18.3. The second kappa shape index (κ2) is 6.01. The zero-order chi connectivity index (χ0) is 12.1. The van der Waals surface area contributed by atoms with Gasteiger partial charge in [0.05, 0.1) is 12.7 Å². The third-order valence-electron chi connectivity index (χ3n) is 3.42. The van der Waals surface area contributed by atoms with Crippen LogP contribution in [-0.2, 0) is 0 Å². The van der Waals surface area contributed by atoms with Gasteiger partial charge < -0.3 is 9.84 Å². The molecule has 0 heterocycles. The summed E-state index contributed by atoms with van der Waals surface area (Å²) in [4.78, 5) is 0. The predicted molar refractivity (Wildman–Crippen MR) is 64.5 cm³/mol. The van der Waals surface area contributed by atoms with Gasteiger partial charge in [0, 0.05) is 12.5 Å². The van der Waals surface area contributed by atoms with Gasteiger partial charge in [-0.1, -0.05) is 18.9 Å². The Hall–Kier alpha value is -1.09. The molecule has 17 heavy (non-hydrogen) atoms. The van der Waals surface area contributed by atoms with Gasteiger partial charge in [-0.15, -0.1) is 0 Å². The molecule has 1 N–H and O–H groups in total. The number of aliphatic hydroxyl groups excluding tert-OH is 1. The SMILES string of the molecule is OC(CCOc1cccc(F)c1)C1CCCC1. The second-order valence-corrected chi connectivity index (χ2v) is 4.71. The molecule has 1 aliphatic carbocycles. The van der Waals surface area contributed by atoms with Crippen LogP contribution in [0.3, 0.4) is 0 Å². The average Bonchev–Trinajstić information content (AvgIpc) is 2.82. The van der Waals surface area contributed by atoms with Crippen molar-refractivity contribution in [1.82, 2.24) is 0 Å². The Balaban J connectivity index is 1.71. The van der Waals surface area contributed by atoms with Crippen LogP contribution >= 0.6 is 0 Å². The van der Waals surface area contributed by atoms with Crippen LogP contribution in [0.1, 0.15) is 32.1 Å². The summed E-state index contributed by atoms with van der Waals surface area (Å²) in [6, 6.07) is 6.10. The lowest BCUT2D eigenvalue weighted by atomic mass is 9.99. The third kappa shape index (κ3) is 3.70. The quantitative estimate of drug-likeness (QED) is 0.854. The Morgan fingerprint density at radius 3 is 2.82 bits per heavy atom. The number of halogens is 1. The van der Waals surface area contributed by atoms with Gasteiger partial charge in [0.1, 0.15) is 11.6 Å². The lowest BCUT2D eigenvalue weighted by molar-refractivity contribution is 0.0853. The van der Waals surface area contributed by atoms with Crippen LogP contribution < -0.4 is 4.74 Å². The maximum atomic E-state index is 12.9. The molecular formula is C14H19FO2. The standard InChI is InChI=1S/C14H19FO2/c15-12-6-3-7-13(10-12)17-9-8-14(16)11-4-1-2-5-11/h3,6-7,10-11,14,16H,1-2,4-5,8-9H2. The zero-order valence-corrected chi connectivity index (χ0v) is 9.94. The van der Waals surface area contributed by atoms with Crippen LogP contribution in [0.2, 0.25) is 0 Å². The first kappa shape index (κ1) is 12.4. The molecule has 1 aromatic carbocycles. The molecular weight excluding hydrogens is 219 g/mol. The van der Waals surface area contributed by atoms with Gasteiger partial charge in [-0.2, -0.15) is 0 Å². The van der Waals surface area contributed by atoms with Crippen molar-refractivity contribution in [1.29, 1.82) is 0 Å². The molecule has 1 unspecified atom stereocenters. The number of ether oxygens (including phenoxy) is 1. The Labute approximate surface area is 101 Å². The second-order valence-electron chi connectivity index (χ2n) is 4.71. The molecule has 2 rings (SSSR count). The molecule has 0 saturated heterocycles. The lowest BCUT2D eigenvalue weighted by Gasteiger charge is -2.17. The highest BCUT2D eigenvalue weighted by Crippen LogP contribution is 2.29. The molecule has 1 saturated carbocycles. The van der Waals surface area contributed by atoms with Gasteiger partial charge in [-0.05, 0) is 30.9 Å². The highest BCUT2D eigenvalue weighted by atomic mass is 19.1. The summed E-state index contributed by atoms with van der Waals surface area (Å²) in [7, 11) is 0. The topological polar surface area (TPSA) is 29.5 Å². The van der Waals surface area contributed by atoms with Gasteiger partial charge in [-0.3, -0.25) is 0 Å². The Morgan fingerprint density at radius 1 is 1.35 bits per heavy atom. The van der Waals surface area contributed by atoms with Gasteiger partial charge in [0.25, 0.3) is 0 Å². The molecule has 2 nitrogen and oxygen atoms in total. The minimum atomic E-state index is -0.293. The molecule has 0 bridgehead atoms. The van der Waals surface area contributed by atoms with Crippen LogP contribution in [0.5, 0.6) is 5.75 Å². The van der Waals surface area contributed by atoms with E-state index in [0.29, 0.717) is 24.7 Å². The minimum absolute atomic E-state index is 0.272. The fourth-order valence-electron chi connectivity index (χ4n) is 2.43. The zero-order valence-electron chi connectivity index (χ0n) is 9.94. The number of rotatable bonds is 5. The van der Waals surface area contributed by atoms with Gasteiger partial charge in [0.2, 0.25) is 0 Å². The molecule has 1 atom stereocenters. The van der Waals surface area contributed by atoms with E-state index in [1.165, 1.54) is 25.0 Å². The molecule has 1 aromatic rings. The van der Waals surface area contributed by atoms with E-state index < -0.39 is 0 Å². The van der Waals surface area contributed by atoms with Crippen molar-refractivity contribution in [3.05, 3.63) is 30.1 Å². The highest BCUT2D eigenvalue weighted by molar-refractivity contribution is 5.22. The van der Waals surface area contributed by atoms with E-state index in [2.05, 4.69) is 0 Å². The first-order valence-electron chi connectivity index (χ1n) is 6.32. The van der Waals surface area contributed by atoms with E-state index in [0.717, 1.165) is 12.8 Å². The Bertz CT molecular complexity index is 348. The van der Waals surface area contributed by atoms with E-state index in [1.54, 1.807) is 12.1 Å². The van der Waals surface area contributed by atoms with E-state index in [4.69, 9.17) is 4.74 Å². The average molecular weight is 238 g/mol. The monoisotopic (exact) mass is 238 g/mol. The first-order valence-corrected chi connectivity index (χ1v) is 6.32. The van der Waals surface area contributed by atoms with E-state index in [1.807, 2.05) is 0 Å². The third-order valence-corrected chi connectivity index (χ3v) is 3.42. The maximum Gasteiger partial charge on any atom is 0.126 e. The number of hydrogen-bond donors (Lipinski definition) is 1. The number of aliphatic hydroxyl groups is 1. The van der Waals surface area contributed by atoms with Crippen LogP contribution in [0.4, 0.5) is 4.39 Å². The summed E-state index contributed by atoms with van der Waals surface area (Å²) in [5, 5.41) is 9.93. The van der Waals surface area contributed by atoms with E-state index in [9.17, 15) is 9.50 Å². The first-order chi connectivity index (χ1) is 8.25. The molecule has 94 valence electrons. The van der Waals surface area contributed by atoms with Gasteiger partial charge in [0.15, 0.2) is 0 Å². The number of benzene rings is 1. The van der Waals surface area contributed by atoms with E-state index in [-0.39, 0.29) is 11.9 Å². The summed E-state index contributed by atoms with van der Waals surface area (Å²) in [5.74, 6) is 0.675. The summed E-state index contributed by atoms with van der Waals surface area (Å²) >= 11 is 0.